The zero-order chi connectivity index (χ0) is 34.3. The van der Waals surface area contributed by atoms with Gasteiger partial charge in [-0.3, -0.25) is 9.97 Å². The second kappa shape index (κ2) is 15.9. The summed E-state index contributed by atoms with van der Waals surface area (Å²) in [6, 6.07) is 11.4. The Morgan fingerprint density at radius 3 is 1.61 bits per heavy atom. The van der Waals surface area contributed by atoms with Crippen LogP contribution in [0.2, 0.25) is 5.02 Å². The lowest BCUT2D eigenvalue weighted by atomic mass is 10.0. The van der Waals surface area contributed by atoms with Crippen molar-refractivity contribution in [1.29, 1.82) is 0 Å². The van der Waals surface area contributed by atoms with Crippen molar-refractivity contribution in [3.63, 3.8) is 0 Å². The summed E-state index contributed by atoms with van der Waals surface area (Å²) in [5, 5.41) is 5.86. The van der Waals surface area contributed by atoms with E-state index in [1.807, 2.05) is 24.4 Å². The maximum absolute atomic E-state index is 6.05. The van der Waals surface area contributed by atoms with Crippen LogP contribution in [0.3, 0.4) is 0 Å². The highest BCUT2D eigenvalue weighted by Gasteiger charge is 2.40. The summed E-state index contributed by atoms with van der Waals surface area (Å²) < 4.78 is 43.9. The van der Waals surface area contributed by atoms with Crippen LogP contribution in [0.1, 0.15) is 25.7 Å². The third-order valence-corrected chi connectivity index (χ3v) is 9.61. The lowest BCUT2D eigenvalue weighted by molar-refractivity contribution is -0.172. The van der Waals surface area contributed by atoms with Gasteiger partial charge in [-0.25, -0.2) is 0 Å². The van der Waals surface area contributed by atoms with Gasteiger partial charge in [-0.05, 0) is 24.3 Å². The summed E-state index contributed by atoms with van der Waals surface area (Å²) in [5.41, 5.74) is 2.85. The zero-order valence-corrected chi connectivity index (χ0v) is 29.3. The molecular formula is C36H45ClN4O8. The Balaban J connectivity index is 0.000000141. The molecule has 6 heterocycles. The van der Waals surface area contributed by atoms with Crippen LogP contribution in [0.25, 0.3) is 21.8 Å². The fraction of sp³-hybridized carbons (Fsp3) is 0.500. The van der Waals surface area contributed by atoms with Crippen molar-refractivity contribution >= 4 is 39.1 Å². The molecule has 2 spiro atoms. The van der Waals surface area contributed by atoms with Crippen LogP contribution >= 0.6 is 11.6 Å². The molecule has 264 valence electrons. The van der Waals surface area contributed by atoms with Crippen LogP contribution < -0.4 is 29.2 Å². The number of piperidine rings is 2. The Morgan fingerprint density at radius 2 is 1.08 bits per heavy atom. The molecule has 4 saturated heterocycles. The molecule has 0 amide bonds. The number of hydrogen-bond donors (Lipinski definition) is 1. The van der Waals surface area contributed by atoms with E-state index in [0.717, 1.165) is 98.3 Å². The summed E-state index contributed by atoms with van der Waals surface area (Å²) in [4.78, 5) is 11.1. The molecule has 0 saturated carbocycles. The average molecular weight is 697 g/mol. The van der Waals surface area contributed by atoms with Gasteiger partial charge in [0.15, 0.2) is 34.6 Å². The number of anilines is 1. The van der Waals surface area contributed by atoms with Crippen molar-refractivity contribution in [2.75, 3.05) is 85.9 Å². The van der Waals surface area contributed by atoms with Crippen LogP contribution in [0.4, 0.5) is 5.69 Å². The Hall–Kier alpha value is -3.65. The van der Waals surface area contributed by atoms with E-state index in [9.17, 15) is 0 Å². The number of ether oxygens (including phenoxy) is 8. The topological polar surface area (TPSA) is 115 Å². The SMILES string of the molecule is C1CC2(CCN1)OCCO2.COc1cc2nccc(Cl)c2cc1OC.COc1cc2nccc(N3CCC4(CC3)OCCO4)c2cc1OC. The summed E-state index contributed by atoms with van der Waals surface area (Å²) in [5.74, 6) is 2.17. The number of aromatic nitrogens is 2. The van der Waals surface area contributed by atoms with Gasteiger partial charge in [0, 0.05) is 92.8 Å². The minimum absolute atomic E-state index is 0.189. The molecule has 1 N–H and O–H groups in total. The van der Waals surface area contributed by atoms with Gasteiger partial charge < -0.3 is 48.1 Å². The number of nitrogens with zero attached hydrogens (tertiary/aromatic N) is 3. The average Bonchev–Trinajstić information content (AvgIpc) is 3.81. The van der Waals surface area contributed by atoms with Crippen molar-refractivity contribution in [2.45, 2.75) is 37.3 Å². The Bertz CT molecular complexity index is 1700. The minimum Gasteiger partial charge on any atom is -0.493 e. The number of hydrogen-bond acceptors (Lipinski definition) is 12. The van der Waals surface area contributed by atoms with Crippen LogP contribution in [-0.2, 0) is 18.9 Å². The largest absolute Gasteiger partial charge is 0.493 e. The predicted octanol–water partition coefficient (Wildman–Crippen LogP) is 5.61. The molecular weight excluding hydrogens is 652 g/mol. The van der Waals surface area contributed by atoms with E-state index in [2.05, 4.69) is 26.3 Å². The number of methoxy groups -OCH3 is 4. The molecule has 4 aromatic rings. The third kappa shape index (κ3) is 7.90. The number of halogens is 1. The number of benzene rings is 2. The molecule has 0 bridgehead atoms. The van der Waals surface area contributed by atoms with Gasteiger partial charge in [0.1, 0.15) is 0 Å². The Morgan fingerprint density at radius 1 is 0.633 bits per heavy atom. The molecule has 0 atom stereocenters. The standard InChI is InChI=1S/C18H22N2O4.C11H10ClNO2.C7H13NO2/c1-21-16-11-13-14(12-17(16)22-2)19-6-3-15(13)20-7-4-18(5-8-20)23-9-10-24-18;1-14-10-5-7-8(12)3-4-13-9(7)6-11(10)15-2;1-3-8-4-2-7(1)9-5-6-10-7/h3,6,11-12H,4-5,7-10H2,1-2H3;3-6H,1-2H3;8H,1-6H2. The molecule has 0 aliphatic carbocycles. The smallest absolute Gasteiger partial charge is 0.171 e. The van der Waals surface area contributed by atoms with Crippen LogP contribution in [0, 0.1) is 0 Å². The van der Waals surface area contributed by atoms with Gasteiger partial charge in [-0.15, -0.1) is 0 Å². The van der Waals surface area contributed by atoms with Crippen LogP contribution in [0.15, 0.2) is 48.8 Å². The first-order valence-electron chi connectivity index (χ1n) is 16.6. The first-order chi connectivity index (χ1) is 23.9. The molecule has 2 aromatic heterocycles. The van der Waals surface area contributed by atoms with Crippen LogP contribution in [0.5, 0.6) is 23.0 Å². The van der Waals surface area contributed by atoms with E-state index in [1.54, 1.807) is 46.8 Å². The van der Waals surface area contributed by atoms with E-state index in [4.69, 9.17) is 49.5 Å². The minimum atomic E-state index is -0.361. The number of fused-ring (bicyclic) bond motifs is 2. The van der Waals surface area contributed by atoms with E-state index in [-0.39, 0.29) is 11.6 Å². The molecule has 0 unspecified atom stereocenters. The lowest BCUT2D eigenvalue weighted by Gasteiger charge is -2.39. The van der Waals surface area contributed by atoms with Gasteiger partial charge >= 0.3 is 0 Å². The zero-order valence-electron chi connectivity index (χ0n) is 28.6. The fourth-order valence-corrected chi connectivity index (χ4v) is 6.85. The normalized spacial score (nSPS) is 19.2. The van der Waals surface area contributed by atoms with Crippen molar-refractivity contribution in [2.24, 2.45) is 0 Å². The molecule has 4 aliphatic heterocycles. The molecule has 4 fully saturated rings. The lowest BCUT2D eigenvalue weighted by Crippen LogP contribution is -2.45. The first-order valence-corrected chi connectivity index (χ1v) is 17.0. The van der Waals surface area contributed by atoms with Gasteiger partial charge in [0.2, 0.25) is 0 Å². The summed E-state index contributed by atoms with van der Waals surface area (Å²) in [7, 11) is 6.47. The maximum atomic E-state index is 6.05. The monoisotopic (exact) mass is 696 g/mol. The van der Waals surface area contributed by atoms with Crippen LogP contribution in [-0.4, -0.2) is 103 Å². The first kappa shape index (κ1) is 35.2. The molecule has 49 heavy (non-hydrogen) atoms. The van der Waals surface area contributed by atoms with Crippen molar-refractivity contribution in [3.05, 3.63) is 53.8 Å². The van der Waals surface area contributed by atoms with Gasteiger partial charge in [0.05, 0.1) is 70.9 Å². The second-order valence-electron chi connectivity index (χ2n) is 12.0. The second-order valence-corrected chi connectivity index (χ2v) is 12.4. The molecule has 2 aromatic carbocycles. The van der Waals surface area contributed by atoms with Crippen molar-refractivity contribution in [3.8, 4) is 23.0 Å². The molecule has 0 radical (unpaired) electrons. The van der Waals surface area contributed by atoms with Gasteiger partial charge in [0.25, 0.3) is 0 Å². The molecule has 12 nitrogen and oxygen atoms in total. The molecule has 4 aliphatic rings. The highest BCUT2D eigenvalue weighted by atomic mass is 35.5. The predicted molar refractivity (Wildman–Crippen MR) is 188 cm³/mol. The third-order valence-electron chi connectivity index (χ3n) is 9.28. The molecule has 8 rings (SSSR count). The van der Waals surface area contributed by atoms with E-state index < -0.39 is 0 Å². The quantitative estimate of drug-likeness (QED) is 0.280. The van der Waals surface area contributed by atoms with Crippen molar-refractivity contribution < 1.29 is 37.9 Å². The fourth-order valence-electron chi connectivity index (χ4n) is 6.64. The Labute approximate surface area is 291 Å². The van der Waals surface area contributed by atoms with E-state index in [1.165, 1.54) is 0 Å². The van der Waals surface area contributed by atoms with E-state index >= 15 is 0 Å². The number of rotatable bonds is 5. The summed E-state index contributed by atoms with van der Waals surface area (Å²) in [6.45, 7) is 6.81. The van der Waals surface area contributed by atoms with E-state index in [0.29, 0.717) is 35.5 Å². The summed E-state index contributed by atoms with van der Waals surface area (Å²) >= 11 is 6.05. The highest BCUT2D eigenvalue weighted by Crippen LogP contribution is 2.39. The van der Waals surface area contributed by atoms with Crippen molar-refractivity contribution in [1.82, 2.24) is 15.3 Å². The van der Waals surface area contributed by atoms with Gasteiger partial charge in [-0.2, -0.15) is 0 Å². The molecule has 13 heteroatoms. The summed E-state index contributed by atoms with van der Waals surface area (Å²) in [6.07, 6.45) is 7.28. The van der Waals surface area contributed by atoms with Gasteiger partial charge in [-0.1, -0.05) is 11.6 Å². The Kier molecular flexibility index (Phi) is 11.4. The highest BCUT2D eigenvalue weighted by molar-refractivity contribution is 6.35. The number of nitrogens with one attached hydrogen (secondary N) is 1. The number of pyridine rings is 2. The maximum Gasteiger partial charge on any atom is 0.171 e.